The summed E-state index contributed by atoms with van der Waals surface area (Å²) in [6, 6.07) is 5.22. The van der Waals surface area contributed by atoms with Crippen molar-refractivity contribution in [2.75, 3.05) is 0 Å². The summed E-state index contributed by atoms with van der Waals surface area (Å²) in [6.07, 6.45) is 2.34. The van der Waals surface area contributed by atoms with Gasteiger partial charge < -0.3 is 4.79 Å². The third-order valence-electron chi connectivity index (χ3n) is 2.62. The van der Waals surface area contributed by atoms with Gasteiger partial charge in [-0.3, -0.25) is 0 Å². The number of aromatic nitrogens is 2. The van der Waals surface area contributed by atoms with Crippen molar-refractivity contribution in [3.8, 4) is 11.3 Å². The Hall–Kier alpha value is -2.17. The Bertz CT molecular complexity index is 614. The molecule has 0 atom stereocenters. The lowest BCUT2D eigenvalue weighted by atomic mass is 10.1. The van der Waals surface area contributed by atoms with Crippen LogP contribution < -0.4 is 0 Å². The summed E-state index contributed by atoms with van der Waals surface area (Å²) in [5.74, 6) is -1.24. The standard InChI is InChI=1S/C14H12F2N2O/c1-9(19)2-5-14-17-7-6-13(18-14)10-3-4-11(15)12(16)8-10/h3-4,6-8H,2,5H2,1H3. The number of hydrogen-bond donors (Lipinski definition) is 0. The lowest BCUT2D eigenvalue weighted by Gasteiger charge is -2.04. The van der Waals surface area contributed by atoms with Gasteiger partial charge in [0.05, 0.1) is 5.69 Å². The molecule has 0 radical (unpaired) electrons. The normalized spacial score (nSPS) is 10.5. The van der Waals surface area contributed by atoms with Gasteiger partial charge in [-0.15, -0.1) is 0 Å². The lowest BCUT2D eigenvalue weighted by Crippen LogP contribution is -2.00. The highest BCUT2D eigenvalue weighted by Crippen LogP contribution is 2.19. The molecule has 3 nitrogen and oxygen atoms in total. The van der Waals surface area contributed by atoms with Crippen LogP contribution in [0.2, 0.25) is 0 Å². The molecule has 2 aromatic rings. The highest BCUT2D eigenvalue weighted by molar-refractivity contribution is 5.75. The maximum atomic E-state index is 13.2. The summed E-state index contributed by atoms with van der Waals surface area (Å²) in [4.78, 5) is 19.2. The van der Waals surface area contributed by atoms with Crippen molar-refractivity contribution in [3.63, 3.8) is 0 Å². The van der Waals surface area contributed by atoms with Crippen LogP contribution in [0, 0.1) is 11.6 Å². The zero-order chi connectivity index (χ0) is 13.8. The van der Waals surface area contributed by atoms with Gasteiger partial charge in [0.2, 0.25) is 0 Å². The number of ketones is 1. The van der Waals surface area contributed by atoms with E-state index in [-0.39, 0.29) is 5.78 Å². The van der Waals surface area contributed by atoms with Gasteiger partial charge in [-0.25, -0.2) is 18.7 Å². The molecule has 0 fully saturated rings. The summed E-state index contributed by atoms with van der Waals surface area (Å²) in [6.45, 7) is 1.50. The second-order valence-corrected chi connectivity index (χ2v) is 4.19. The maximum Gasteiger partial charge on any atom is 0.159 e. The molecule has 1 aromatic carbocycles. The van der Waals surface area contributed by atoms with Gasteiger partial charge in [-0.05, 0) is 31.2 Å². The zero-order valence-electron chi connectivity index (χ0n) is 10.4. The SMILES string of the molecule is CC(=O)CCc1nccc(-c2ccc(F)c(F)c2)n1. The predicted octanol–water partition coefficient (Wildman–Crippen LogP) is 2.94. The van der Waals surface area contributed by atoms with Crippen LogP contribution in [0.3, 0.4) is 0 Å². The van der Waals surface area contributed by atoms with E-state index in [0.717, 1.165) is 12.1 Å². The molecular weight excluding hydrogens is 250 g/mol. The third kappa shape index (κ3) is 3.40. The largest absolute Gasteiger partial charge is 0.300 e. The lowest BCUT2D eigenvalue weighted by molar-refractivity contribution is -0.117. The summed E-state index contributed by atoms with van der Waals surface area (Å²) in [7, 11) is 0. The van der Waals surface area contributed by atoms with Gasteiger partial charge in [0.25, 0.3) is 0 Å². The van der Waals surface area contributed by atoms with Crippen LogP contribution in [0.5, 0.6) is 0 Å². The van der Waals surface area contributed by atoms with Crippen molar-refractivity contribution in [3.05, 3.63) is 47.9 Å². The minimum atomic E-state index is -0.915. The first-order valence-electron chi connectivity index (χ1n) is 5.83. The molecule has 0 amide bonds. The minimum Gasteiger partial charge on any atom is -0.300 e. The van der Waals surface area contributed by atoms with Crippen molar-refractivity contribution < 1.29 is 13.6 Å². The quantitative estimate of drug-likeness (QED) is 0.850. The van der Waals surface area contributed by atoms with E-state index in [1.807, 2.05) is 0 Å². The molecule has 0 N–H and O–H groups in total. The molecular formula is C14H12F2N2O. The first-order valence-corrected chi connectivity index (χ1v) is 5.83. The fourth-order valence-corrected chi connectivity index (χ4v) is 1.62. The highest BCUT2D eigenvalue weighted by atomic mass is 19.2. The molecule has 0 aliphatic rings. The average molecular weight is 262 g/mol. The number of rotatable bonds is 4. The fraction of sp³-hybridized carbons (Fsp3) is 0.214. The Balaban J connectivity index is 2.27. The number of nitrogens with zero attached hydrogens (tertiary/aromatic N) is 2. The Labute approximate surface area is 109 Å². The summed E-state index contributed by atoms with van der Waals surface area (Å²) >= 11 is 0. The number of hydrogen-bond acceptors (Lipinski definition) is 3. The van der Waals surface area contributed by atoms with Crippen LogP contribution in [0.25, 0.3) is 11.3 Å². The molecule has 0 saturated carbocycles. The van der Waals surface area contributed by atoms with E-state index >= 15 is 0 Å². The van der Waals surface area contributed by atoms with Crippen molar-refractivity contribution in [1.29, 1.82) is 0 Å². The Kier molecular flexibility index (Phi) is 3.94. The summed E-state index contributed by atoms with van der Waals surface area (Å²) < 4.78 is 26.0. The number of benzene rings is 1. The van der Waals surface area contributed by atoms with Gasteiger partial charge in [-0.2, -0.15) is 0 Å². The topological polar surface area (TPSA) is 42.9 Å². The van der Waals surface area contributed by atoms with E-state index in [4.69, 9.17) is 0 Å². The van der Waals surface area contributed by atoms with Crippen molar-refractivity contribution in [2.45, 2.75) is 19.8 Å². The Morgan fingerprint density at radius 2 is 2.00 bits per heavy atom. The van der Waals surface area contributed by atoms with E-state index in [1.54, 1.807) is 12.3 Å². The van der Waals surface area contributed by atoms with Crippen LogP contribution in [0.1, 0.15) is 19.2 Å². The monoisotopic (exact) mass is 262 g/mol. The number of carbonyl (C=O) groups is 1. The average Bonchev–Trinajstić information content (AvgIpc) is 2.40. The molecule has 0 aliphatic heterocycles. The van der Waals surface area contributed by atoms with Gasteiger partial charge in [-0.1, -0.05) is 0 Å². The van der Waals surface area contributed by atoms with Crippen LogP contribution in [0.15, 0.2) is 30.5 Å². The van der Waals surface area contributed by atoms with Crippen LogP contribution >= 0.6 is 0 Å². The van der Waals surface area contributed by atoms with Gasteiger partial charge in [0, 0.05) is 24.6 Å². The smallest absolute Gasteiger partial charge is 0.159 e. The van der Waals surface area contributed by atoms with Gasteiger partial charge in [0.1, 0.15) is 11.6 Å². The van der Waals surface area contributed by atoms with Gasteiger partial charge in [0.15, 0.2) is 11.6 Å². The van der Waals surface area contributed by atoms with Crippen LogP contribution in [-0.2, 0) is 11.2 Å². The zero-order valence-corrected chi connectivity index (χ0v) is 10.4. The molecule has 19 heavy (non-hydrogen) atoms. The molecule has 0 spiro atoms. The Morgan fingerprint density at radius 3 is 2.68 bits per heavy atom. The molecule has 5 heteroatoms. The number of halogens is 2. The van der Waals surface area contributed by atoms with Gasteiger partial charge >= 0.3 is 0 Å². The number of aryl methyl sites for hydroxylation is 1. The first kappa shape index (κ1) is 13.3. The van der Waals surface area contributed by atoms with E-state index in [1.165, 1.54) is 13.0 Å². The van der Waals surface area contributed by atoms with Crippen molar-refractivity contribution in [2.24, 2.45) is 0 Å². The number of carbonyl (C=O) groups excluding carboxylic acids is 1. The molecule has 1 aromatic heterocycles. The van der Waals surface area contributed by atoms with E-state index in [0.29, 0.717) is 29.9 Å². The van der Waals surface area contributed by atoms with Crippen molar-refractivity contribution in [1.82, 2.24) is 9.97 Å². The first-order chi connectivity index (χ1) is 9.06. The fourth-order valence-electron chi connectivity index (χ4n) is 1.62. The second-order valence-electron chi connectivity index (χ2n) is 4.19. The minimum absolute atomic E-state index is 0.0572. The number of Topliss-reactive ketones (excluding diaryl/α,β-unsaturated/α-hetero) is 1. The Morgan fingerprint density at radius 1 is 1.21 bits per heavy atom. The maximum absolute atomic E-state index is 13.2. The summed E-state index contributed by atoms with van der Waals surface area (Å²) in [5.41, 5.74) is 0.984. The molecule has 1 heterocycles. The van der Waals surface area contributed by atoms with Crippen LogP contribution in [0.4, 0.5) is 8.78 Å². The van der Waals surface area contributed by atoms with Crippen molar-refractivity contribution >= 4 is 5.78 Å². The molecule has 0 unspecified atom stereocenters. The van der Waals surface area contributed by atoms with Crippen LogP contribution in [-0.4, -0.2) is 15.8 Å². The molecule has 98 valence electrons. The summed E-state index contributed by atoms with van der Waals surface area (Å²) in [5, 5.41) is 0. The third-order valence-corrected chi connectivity index (χ3v) is 2.62. The molecule has 0 bridgehead atoms. The van der Waals surface area contributed by atoms with E-state index in [9.17, 15) is 13.6 Å². The van der Waals surface area contributed by atoms with E-state index in [2.05, 4.69) is 9.97 Å². The molecule has 2 rings (SSSR count). The molecule has 0 aliphatic carbocycles. The molecule has 0 saturated heterocycles. The van der Waals surface area contributed by atoms with E-state index < -0.39 is 11.6 Å². The highest BCUT2D eigenvalue weighted by Gasteiger charge is 2.07. The second kappa shape index (κ2) is 5.65. The predicted molar refractivity (Wildman–Crippen MR) is 66.4 cm³/mol.